The van der Waals surface area contributed by atoms with Crippen LogP contribution in [0.15, 0.2) is 249 Å². The maximum absolute atomic E-state index is 5.48. The lowest BCUT2D eigenvalue weighted by Crippen LogP contribution is -1.97. The minimum atomic E-state index is 0.678. The lowest BCUT2D eigenvalue weighted by atomic mass is 9.94. The highest BCUT2D eigenvalue weighted by molar-refractivity contribution is 6.29. The number of hydrogen-bond donors (Lipinski definition) is 0. The molecule has 0 saturated heterocycles. The summed E-state index contributed by atoms with van der Waals surface area (Å²) in [5, 5.41) is 8.41. The zero-order chi connectivity index (χ0) is 46.1. The van der Waals surface area contributed by atoms with Gasteiger partial charge in [-0.1, -0.05) is 176 Å². The van der Waals surface area contributed by atoms with Gasteiger partial charge in [0.15, 0.2) is 5.82 Å². The second-order valence-electron chi connectivity index (χ2n) is 18.0. The van der Waals surface area contributed by atoms with E-state index in [2.05, 4.69) is 252 Å². The summed E-state index contributed by atoms with van der Waals surface area (Å²) in [5.74, 6) is 0.678. The van der Waals surface area contributed by atoms with Crippen LogP contribution >= 0.6 is 0 Å². The van der Waals surface area contributed by atoms with Crippen LogP contribution in [0.3, 0.4) is 0 Å². The topological polar surface area (TPSA) is 48.5 Å². The summed E-state index contributed by atoms with van der Waals surface area (Å²) in [5.41, 5.74) is 16.9. The molecular formula is C65H41N5. The number of para-hydroxylation sites is 4. The summed E-state index contributed by atoms with van der Waals surface area (Å²) < 4.78 is 4.73. The van der Waals surface area contributed by atoms with E-state index < -0.39 is 0 Å². The fourth-order valence-electron chi connectivity index (χ4n) is 10.7. The van der Waals surface area contributed by atoms with E-state index in [0.29, 0.717) is 5.82 Å². The Morgan fingerprint density at radius 2 is 0.729 bits per heavy atom. The van der Waals surface area contributed by atoms with Crippen molar-refractivity contribution in [3.05, 3.63) is 249 Å². The molecule has 326 valence electrons. The molecule has 10 aromatic carbocycles. The Balaban J connectivity index is 0.877. The average molecular weight is 892 g/mol. The first kappa shape index (κ1) is 39.7. The van der Waals surface area contributed by atoms with E-state index >= 15 is 0 Å². The van der Waals surface area contributed by atoms with Crippen LogP contribution in [0.2, 0.25) is 0 Å². The summed E-state index contributed by atoms with van der Waals surface area (Å²) in [6.45, 7) is 0. The van der Waals surface area contributed by atoms with Crippen LogP contribution in [0.4, 0.5) is 0 Å². The number of fused-ring (bicyclic) bond motifs is 10. The minimum absolute atomic E-state index is 0.678. The number of hydrogen-bond acceptors (Lipinski definition) is 3. The highest BCUT2D eigenvalue weighted by Crippen LogP contribution is 2.43. The molecule has 0 saturated carbocycles. The zero-order valence-electron chi connectivity index (χ0n) is 37.9. The van der Waals surface area contributed by atoms with Crippen molar-refractivity contribution in [1.29, 1.82) is 0 Å². The van der Waals surface area contributed by atoms with Crippen LogP contribution in [0.1, 0.15) is 0 Å². The molecule has 5 nitrogen and oxygen atoms in total. The van der Waals surface area contributed by atoms with Gasteiger partial charge < -0.3 is 9.13 Å². The normalized spacial score (nSPS) is 11.7. The van der Waals surface area contributed by atoms with Gasteiger partial charge in [0.2, 0.25) is 0 Å². The Hall–Kier alpha value is -9.45. The van der Waals surface area contributed by atoms with Crippen LogP contribution in [0.5, 0.6) is 0 Å². The predicted molar refractivity (Wildman–Crippen MR) is 291 cm³/mol. The first-order chi connectivity index (χ1) is 34.7. The van der Waals surface area contributed by atoms with Gasteiger partial charge in [-0.15, -0.1) is 0 Å². The third kappa shape index (κ3) is 6.44. The molecule has 14 rings (SSSR count). The van der Waals surface area contributed by atoms with E-state index in [9.17, 15) is 0 Å². The molecule has 14 aromatic rings. The van der Waals surface area contributed by atoms with Crippen molar-refractivity contribution in [3.63, 3.8) is 0 Å². The molecule has 0 amide bonds. The monoisotopic (exact) mass is 891 g/mol. The van der Waals surface area contributed by atoms with Gasteiger partial charge in [-0.3, -0.25) is 0 Å². The van der Waals surface area contributed by atoms with E-state index in [0.717, 1.165) is 78.1 Å². The van der Waals surface area contributed by atoms with Crippen molar-refractivity contribution in [2.75, 3.05) is 0 Å². The van der Waals surface area contributed by atoms with Crippen LogP contribution in [0.25, 0.3) is 133 Å². The first-order valence-electron chi connectivity index (χ1n) is 23.8. The van der Waals surface area contributed by atoms with E-state index in [1.165, 1.54) is 49.0 Å². The molecule has 70 heavy (non-hydrogen) atoms. The molecule has 4 heterocycles. The summed E-state index contributed by atoms with van der Waals surface area (Å²) >= 11 is 0. The molecule has 0 radical (unpaired) electrons. The quantitative estimate of drug-likeness (QED) is 0.150. The molecule has 4 aromatic heterocycles. The second kappa shape index (κ2) is 16.1. The number of aromatic nitrogens is 5. The van der Waals surface area contributed by atoms with Crippen LogP contribution in [-0.2, 0) is 0 Å². The maximum Gasteiger partial charge on any atom is 0.160 e. The van der Waals surface area contributed by atoms with Crippen molar-refractivity contribution in [3.8, 4) is 67.7 Å². The van der Waals surface area contributed by atoms with Crippen molar-refractivity contribution < 1.29 is 0 Å². The molecular weight excluding hydrogens is 851 g/mol. The Morgan fingerprint density at radius 1 is 0.257 bits per heavy atom. The van der Waals surface area contributed by atoms with Gasteiger partial charge >= 0.3 is 0 Å². The van der Waals surface area contributed by atoms with Crippen molar-refractivity contribution in [2.24, 2.45) is 0 Å². The second-order valence-corrected chi connectivity index (χ2v) is 18.0. The molecule has 0 aliphatic rings. The van der Waals surface area contributed by atoms with Crippen LogP contribution in [-0.4, -0.2) is 24.1 Å². The minimum Gasteiger partial charge on any atom is -0.309 e. The summed E-state index contributed by atoms with van der Waals surface area (Å²) in [7, 11) is 0. The van der Waals surface area contributed by atoms with E-state index in [4.69, 9.17) is 15.0 Å². The largest absolute Gasteiger partial charge is 0.309 e. The highest BCUT2D eigenvalue weighted by Gasteiger charge is 2.20. The molecule has 0 aliphatic heterocycles. The molecule has 0 unspecified atom stereocenters. The van der Waals surface area contributed by atoms with Gasteiger partial charge in [0.25, 0.3) is 0 Å². The molecule has 0 spiro atoms. The molecule has 0 atom stereocenters. The maximum atomic E-state index is 5.48. The Kier molecular flexibility index (Phi) is 9.14. The van der Waals surface area contributed by atoms with Gasteiger partial charge in [0.1, 0.15) is 0 Å². The van der Waals surface area contributed by atoms with Gasteiger partial charge in [0.05, 0.1) is 44.7 Å². The summed E-state index contributed by atoms with van der Waals surface area (Å²) in [4.78, 5) is 15.9. The Bertz CT molecular complexity index is 4250. The Morgan fingerprint density at radius 3 is 1.39 bits per heavy atom. The molecule has 0 N–H and O–H groups in total. The van der Waals surface area contributed by atoms with Crippen molar-refractivity contribution >= 4 is 65.3 Å². The number of benzene rings is 10. The standard InChI is InChI=1S/C65H41N5/c1-4-16-43(17-5-1)55-41-56(68-65(67-55)46-32-35-49(36-33-46)69-58-25-13-10-22-50(58)51-23-11-14-26-59(51)69)44-30-28-42(29-31-44)47-34-37-52-57(40-47)66-64(45-18-6-2-7-19-45)54-38-39-61-63(62(52)54)53-24-12-15-27-60(53)70(61)48-20-8-3-9-21-48/h1-41H. The fourth-order valence-corrected chi connectivity index (χ4v) is 10.7. The smallest absolute Gasteiger partial charge is 0.160 e. The van der Waals surface area contributed by atoms with Crippen LogP contribution < -0.4 is 0 Å². The van der Waals surface area contributed by atoms with Gasteiger partial charge in [-0.25, -0.2) is 15.0 Å². The SMILES string of the molecule is c1ccc(-c2cc(-c3ccc(-c4ccc5c(c4)nc(-c4ccccc4)c4ccc6c(c7ccccc7n6-c6ccccc6)c45)cc3)nc(-c3ccc(-n4c5ccccc5c5ccccc54)cc3)n2)cc1. The number of pyridine rings is 1. The van der Waals surface area contributed by atoms with E-state index in [-0.39, 0.29) is 0 Å². The molecule has 0 fully saturated rings. The van der Waals surface area contributed by atoms with Gasteiger partial charge in [0, 0.05) is 71.3 Å². The fraction of sp³-hybridized carbons (Fsp3) is 0. The highest BCUT2D eigenvalue weighted by atomic mass is 15.0. The molecule has 0 aliphatic carbocycles. The van der Waals surface area contributed by atoms with Crippen molar-refractivity contribution in [2.45, 2.75) is 0 Å². The predicted octanol–water partition coefficient (Wildman–Crippen LogP) is 16.7. The third-order valence-corrected chi connectivity index (χ3v) is 13.9. The Labute approximate surface area is 403 Å². The zero-order valence-corrected chi connectivity index (χ0v) is 37.9. The van der Waals surface area contributed by atoms with E-state index in [1.54, 1.807) is 0 Å². The summed E-state index contributed by atoms with van der Waals surface area (Å²) in [6, 6.07) is 88.4. The average Bonchev–Trinajstić information content (AvgIpc) is 3.96. The lowest BCUT2D eigenvalue weighted by molar-refractivity contribution is 1.16. The summed E-state index contributed by atoms with van der Waals surface area (Å²) in [6.07, 6.45) is 0. The number of rotatable bonds is 7. The molecule has 0 bridgehead atoms. The third-order valence-electron chi connectivity index (χ3n) is 13.9. The van der Waals surface area contributed by atoms with E-state index in [1.807, 2.05) is 6.07 Å². The van der Waals surface area contributed by atoms with Crippen LogP contribution in [0, 0.1) is 0 Å². The molecule has 5 heteroatoms. The lowest BCUT2D eigenvalue weighted by Gasteiger charge is -2.14. The number of nitrogens with zero attached hydrogens (tertiary/aromatic N) is 5. The van der Waals surface area contributed by atoms with Gasteiger partial charge in [-0.05, 0) is 83.9 Å². The van der Waals surface area contributed by atoms with Gasteiger partial charge in [-0.2, -0.15) is 0 Å². The first-order valence-corrected chi connectivity index (χ1v) is 23.8. The van der Waals surface area contributed by atoms with Crippen molar-refractivity contribution in [1.82, 2.24) is 24.1 Å².